The van der Waals surface area contributed by atoms with E-state index >= 15 is 0 Å². The van der Waals surface area contributed by atoms with E-state index in [1.807, 2.05) is 28.9 Å². The van der Waals surface area contributed by atoms with Crippen molar-refractivity contribution in [2.45, 2.75) is 0 Å². The van der Waals surface area contributed by atoms with Crippen LogP contribution >= 0.6 is 0 Å². The Morgan fingerprint density at radius 3 is 3.14 bits per heavy atom. The van der Waals surface area contributed by atoms with E-state index < -0.39 is 0 Å². The van der Waals surface area contributed by atoms with Crippen LogP contribution < -0.4 is 0 Å². The third-order valence-electron chi connectivity index (χ3n) is 2.09. The summed E-state index contributed by atoms with van der Waals surface area (Å²) in [6.07, 6.45) is 9.08. The van der Waals surface area contributed by atoms with Gasteiger partial charge in [-0.15, -0.1) is 0 Å². The van der Waals surface area contributed by atoms with Crippen LogP contribution in [0.5, 0.6) is 0 Å². The lowest BCUT2D eigenvalue weighted by molar-refractivity contribution is 0.870. The average molecular weight is 183 g/mol. The van der Waals surface area contributed by atoms with Crippen molar-refractivity contribution < 1.29 is 0 Å². The lowest BCUT2D eigenvalue weighted by atomic mass is 10.4. The Kier molecular flexibility index (Phi) is 1.41. The molecule has 0 unspecified atom stereocenters. The third kappa shape index (κ3) is 1.01. The van der Waals surface area contributed by atoms with Gasteiger partial charge in [0.2, 0.25) is 0 Å². The molecule has 0 bridgehead atoms. The maximum absolute atomic E-state index is 4.17. The summed E-state index contributed by atoms with van der Waals surface area (Å²) < 4.78 is 3.72. The van der Waals surface area contributed by atoms with E-state index in [-0.39, 0.29) is 0 Å². The van der Waals surface area contributed by atoms with Crippen LogP contribution in [0.15, 0.2) is 43.1 Å². The fraction of sp³-hybridized carbons (Fsp3) is 0. The van der Waals surface area contributed by atoms with E-state index in [1.165, 1.54) is 0 Å². The molecular formula is C10H7N4. The number of fused-ring (bicyclic) bond motifs is 1. The zero-order valence-corrected chi connectivity index (χ0v) is 7.33. The molecule has 0 aliphatic heterocycles. The Bertz CT molecular complexity index is 550. The average Bonchev–Trinajstić information content (AvgIpc) is 2.88. The second-order valence-electron chi connectivity index (χ2n) is 2.96. The first kappa shape index (κ1) is 7.32. The molecule has 14 heavy (non-hydrogen) atoms. The second-order valence-corrected chi connectivity index (χ2v) is 2.96. The van der Waals surface area contributed by atoms with Crippen LogP contribution in [0.25, 0.3) is 11.3 Å². The Balaban J connectivity index is 2.23. The molecule has 3 rings (SSSR count). The van der Waals surface area contributed by atoms with Gasteiger partial charge in [-0.3, -0.25) is 0 Å². The molecule has 0 amide bonds. The summed E-state index contributed by atoms with van der Waals surface area (Å²) in [6.45, 7) is 0. The Hall–Kier alpha value is -2.10. The molecular weight excluding hydrogens is 176 g/mol. The van der Waals surface area contributed by atoms with Crippen molar-refractivity contribution in [3.63, 3.8) is 0 Å². The van der Waals surface area contributed by atoms with Gasteiger partial charge in [0.25, 0.3) is 0 Å². The van der Waals surface area contributed by atoms with Crippen molar-refractivity contribution in [2.75, 3.05) is 0 Å². The summed E-state index contributed by atoms with van der Waals surface area (Å²) in [5, 5.41) is 4.11. The van der Waals surface area contributed by atoms with Crippen molar-refractivity contribution in [2.24, 2.45) is 0 Å². The van der Waals surface area contributed by atoms with Crippen molar-refractivity contribution in [3.05, 3.63) is 49.2 Å². The van der Waals surface area contributed by atoms with E-state index in [0.29, 0.717) is 0 Å². The van der Waals surface area contributed by atoms with E-state index in [1.54, 1.807) is 23.3 Å². The number of pyridine rings is 1. The summed E-state index contributed by atoms with van der Waals surface area (Å²) >= 11 is 0. The molecule has 67 valence electrons. The molecule has 0 spiro atoms. The van der Waals surface area contributed by atoms with E-state index in [2.05, 4.69) is 16.1 Å². The maximum atomic E-state index is 4.17. The van der Waals surface area contributed by atoms with Crippen LogP contribution in [0.2, 0.25) is 0 Å². The van der Waals surface area contributed by atoms with Gasteiger partial charge in [0.05, 0.1) is 11.9 Å². The monoisotopic (exact) mass is 183 g/mol. The summed E-state index contributed by atoms with van der Waals surface area (Å²) in [5.74, 6) is 0. The summed E-state index contributed by atoms with van der Waals surface area (Å²) in [7, 11) is 0. The van der Waals surface area contributed by atoms with E-state index in [0.717, 1.165) is 11.3 Å². The number of aromatic nitrogens is 4. The number of rotatable bonds is 1. The lowest BCUT2D eigenvalue weighted by Gasteiger charge is -2.01. The highest BCUT2D eigenvalue weighted by atomic mass is 15.3. The molecule has 3 aromatic heterocycles. The Morgan fingerprint density at radius 2 is 2.29 bits per heavy atom. The summed E-state index contributed by atoms with van der Waals surface area (Å²) in [4.78, 5) is 4.17. The summed E-state index contributed by atoms with van der Waals surface area (Å²) in [6, 6.07) is 6.83. The van der Waals surface area contributed by atoms with Crippen LogP contribution in [-0.2, 0) is 0 Å². The molecule has 0 N–H and O–H groups in total. The molecule has 0 aliphatic rings. The fourth-order valence-corrected chi connectivity index (χ4v) is 1.42. The van der Waals surface area contributed by atoms with Gasteiger partial charge in [-0.1, -0.05) is 0 Å². The Morgan fingerprint density at radius 1 is 1.29 bits per heavy atom. The molecule has 0 fully saturated rings. The first-order valence-electron chi connectivity index (χ1n) is 4.27. The van der Waals surface area contributed by atoms with Gasteiger partial charge in [-0.2, -0.15) is 5.10 Å². The standard InChI is InChI=1S/C10H7N4/c1-4-12-14(6-1)9-2-3-10-11-5-7-13(10)8-9/h2-8H. The second kappa shape index (κ2) is 2.70. The van der Waals surface area contributed by atoms with E-state index in [4.69, 9.17) is 0 Å². The smallest absolute Gasteiger partial charge is 0.136 e. The van der Waals surface area contributed by atoms with Gasteiger partial charge in [-0.05, 0) is 12.1 Å². The lowest BCUT2D eigenvalue weighted by Crippen LogP contribution is -1.96. The topological polar surface area (TPSA) is 35.1 Å². The summed E-state index contributed by atoms with van der Waals surface area (Å²) in [5.41, 5.74) is 1.93. The van der Waals surface area contributed by atoms with Crippen LogP contribution in [0.1, 0.15) is 0 Å². The molecule has 0 saturated heterocycles. The molecule has 3 heterocycles. The molecule has 0 aliphatic carbocycles. The molecule has 0 atom stereocenters. The highest BCUT2D eigenvalue weighted by Gasteiger charge is 1.98. The van der Waals surface area contributed by atoms with Crippen LogP contribution in [0.3, 0.4) is 0 Å². The highest BCUT2D eigenvalue weighted by Crippen LogP contribution is 2.08. The van der Waals surface area contributed by atoms with E-state index in [9.17, 15) is 0 Å². The van der Waals surface area contributed by atoms with Gasteiger partial charge in [0.1, 0.15) is 5.65 Å². The minimum atomic E-state index is 0.935. The predicted octanol–water partition coefficient (Wildman–Crippen LogP) is 1.32. The predicted molar refractivity (Wildman–Crippen MR) is 51.2 cm³/mol. The number of imidazole rings is 1. The SMILES string of the molecule is [c]1cnn(-c2ccc3nccn3c2)c1. The van der Waals surface area contributed by atoms with Gasteiger partial charge >= 0.3 is 0 Å². The fourth-order valence-electron chi connectivity index (χ4n) is 1.42. The van der Waals surface area contributed by atoms with Gasteiger partial charge in [-0.25, -0.2) is 9.67 Å². The molecule has 4 nitrogen and oxygen atoms in total. The zero-order valence-electron chi connectivity index (χ0n) is 7.33. The largest absolute Gasteiger partial charge is 0.305 e. The Labute approximate surface area is 80.4 Å². The van der Waals surface area contributed by atoms with Gasteiger partial charge in [0, 0.05) is 30.9 Å². The normalized spacial score (nSPS) is 10.9. The zero-order chi connectivity index (χ0) is 9.38. The molecule has 1 radical (unpaired) electrons. The highest BCUT2D eigenvalue weighted by molar-refractivity contribution is 5.43. The van der Waals surface area contributed by atoms with Crippen molar-refractivity contribution >= 4 is 5.65 Å². The molecule has 4 heteroatoms. The third-order valence-corrected chi connectivity index (χ3v) is 2.09. The molecule has 0 aromatic carbocycles. The number of hydrogen-bond donors (Lipinski definition) is 0. The van der Waals surface area contributed by atoms with Crippen molar-refractivity contribution in [1.82, 2.24) is 19.2 Å². The molecule has 0 saturated carbocycles. The van der Waals surface area contributed by atoms with Crippen molar-refractivity contribution in [1.29, 1.82) is 0 Å². The number of nitrogens with zero attached hydrogens (tertiary/aromatic N) is 4. The quantitative estimate of drug-likeness (QED) is 0.570. The van der Waals surface area contributed by atoms with Gasteiger partial charge < -0.3 is 4.40 Å². The minimum Gasteiger partial charge on any atom is -0.305 e. The van der Waals surface area contributed by atoms with Crippen LogP contribution in [0, 0.1) is 6.07 Å². The van der Waals surface area contributed by atoms with Crippen LogP contribution in [-0.4, -0.2) is 19.2 Å². The van der Waals surface area contributed by atoms with Crippen LogP contribution in [0.4, 0.5) is 0 Å². The first-order valence-corrected chi connectivity index (χ1v) is 4.27. The van der Waals surface area contributed by atoms with Crippen molar-refractivity contribution in [3.8, 4) is 5.69 Å². The minimum absolute atomic E-state index is 0.935. The first-order chi connectivity index (χ1) is 6.93. The molecule has 3 aromatic rings. The van der Waals surface area contributed by atoms with Gasteiger partial charge in [0.15, 0.2) is 0 Å². The maximum Gasteiger partial charge on any atom is 0.136 e. The number of hydrogen-bond acceptors (Lipinski definition) is 2.